The summed E-state index contributed by atoms with van der Waals surface area (Å²) >= 11 is 15.5. The van der Waals surface area contributed by atoms with E-state index in [4.69, 9.17) is 23.2 Å². The predicted octanol–water partition coefficient (Wildman–Crippen LogP) is 6.39. The van der Waals surface area contributed by atoms with Crippen LogP contribution in [0.2, 0.25) is 10.3 Å². The zero-order chi connectivity index (χ0) is 18.5. The average molecular weight is 448 g/mol. The average Bonchev–Trinajstić information content (AvgIpc) is 2.99. The first kappa shape index (κ1) is 18.6. The molecule has 0 aliphatic carbocycles. The van der Waals surface area contributed by atoms with E-state index in [0.29, 0.717) is 11.3 Å². The number of hydrogen-bond donors (Lipinski definition) is 0. The topological polar surface area (TPSA) is 34.9 Å². The summed E-state index contributed by atoms with van der Waals surface area (Å²) in [5.74, 6) is -0.179. The summed E-state index contributed by atoms with van der Waals surface area (Å²) in [5.41, 5.74) is 1.91. The van der Waals surface area contributed by atoms with Crippen LogP contribution in [0.3, 0.4) is 0 Å². The smallest absolute Gasteiger partial charge is 0.209 e. The van der Waals surface area contributed by atoms with Gasteiger partial charge >= 0.3 is 0 Å². The van der Waals surface area contributed by atoms with E-state index in [9.17, 15) is 4.79 Å². The molecular weight excluding hydrogens is 435 g/mol. The molecule has 1 heterocycles. The van der Waals surface area contributed by atoms with Crippen LogP contribution in [-0.2, 0) is 0 Å². The number of carbonyl (C=O) groups excluding carboxylic acids is 1. The minimum absolute atomic E-state index is 0.148. The lowest BCUT2D eigenvalue weighted by atomic mass is 10.1. The number of halogens is 3. The van der Waals surface area contributed by atoms with Crippen LogP contribution in [0.1, 0.15) is 15.9 Å². The monoisotopic (exact) mass is 446 g/mol. The highest BCUT2D eigenvalue weighted by atomic mass is 79.9. The first-order valence-corrected chi connectivity index (χ1v) is 9.23. The van der Waals surface area contributed by atoms with E-state index in [2.05, 4.69) is 20.9 Å². The van der Waals surface area contributed by atoms with Gasteiger partial charge in [-0.15, -0.1) is 0 Å². The van der Waals surface area contributed by atoms with E-state index in [1.807, 2.05) is 48.5 Å². The maximum Gasteiger partial charge on any atom is 0.209 e. The normalized spacial score (nSPS) is 11.9. The lowest BCUT2D eigenvalue weighted by Crippen LogP contribution is -2.08. The third kappa shape index (κ3) is 4.33. The third-order valence-electron chi connectivity index (χ3n) is 3.61. The second-order valence-electron chi connectivity index (χ2n) is 5.35. The second kappa shape index (κ2) is 8.49. The number of rotatable bonds is 5. The van der Waals surface area contributed by atoms with Crippen molar-refractivity contribution in [2.75, 3.05) is 0 Å². The fourth-order valence-electron chi connectivity index (χ4n) is 2.31. The van der Waals surface area contributed by atoms with Crippen molar-refractivity contribution in [1.29, 1.82) is 0 Å². The quantitative estimate of drug-likeness (QED) is 0.258. The van der Waals surface area contributed by atoms with E-state index in [-0.39, 0.29) is 16.1 Å². The molecule has 0 saturated carbocycles. The highest BCUT2D eigenvalue weighted by Crippen LogP contribution is 2.25. The van der Waals surface area contributed by atoms with E-state index >= 15 is 0 Å². The van der Waals surface area contributed by atoms with Crippen molar-refractivity contribution in [2.45, 2.75) is 0 Å². The molecule has 0 N–H and O–H groups in total. The standard InChI is InChI=1S/C20H13BrCl2N2O/c21-16-11-9-14(10-12-16)5-4-8-17(25-13-24-19(22)20(25)23)18(26)15-6-2-1-3-7-15/h1-13H/b5-4+,17-8-. The molecule has 0 unspecified atom stereocenters. The highest BCUT2D eigenvalue weighted by Gasteiger charge is 2.17. The minimum Gasteiger partial charge on any atom is -0.287 e. The Hall–Kier alpha value is -2.14. The molecule has 0 aliphatic rings. The van der Waals surface area contributed by atoms with Crippen molar-refractivity contribution < 1.29 is 4.79 Å². The number of allylic oxidation sites excluding steroid dienone is 3. The second-order valence-corrected chi connectivity index (χ2v) is 6.99. The molecule has 3 nitrogen and oxygen atoms in total. The number of carbonyl (C=O) groups is 1. The summed E-state index contributed by atoms with van der Waals surface area (Å²) in [6, 6.07) is 16.8. The maximum atomic E-state index is 12.9. The molecule has 26 heavy (non-hydrogen) atoms. The Balaban J connectivity index is 1.98. The van der Waals surface area contributed by atoms with E-state index in [0.717, 1.165) is 10.0 Å². The van der Waals surface area contributed by atoms with Crippen LogP contribution in [0.5, 0.6) is 0 Å². The van der Waals surface area contributed by atoms with Crippen molar-refractivity contribution in [1.82, 2.24) is 9.55 Å². The molecule has 0 bridgehead atoms. The Kier molecular flexibility index (Phi) is 6.09. The summed E-state index contributed by atoms with van der Waals surface area (Å²) in [7, 11) is 0. The molecule has 0 amide bonds. The Morgan fingerprint density at radius 1 is 1.04 bits per heavy atom. The van der Waals surface area contributed by atoms with Crippen LogP contribution >= 0.6 is 39.1 Å². The molecule has 130 valence electrons. The predicted molar refractivity (Wildman–Crippen MR) is 110 cm³/mol. The van der Waals surface area contributed by atoms with Crippen LogP contribution in [0.4, 0.5) is 0 Å². The molecule has 6 heteroatoms. The number of nitrogens with zero attached hydrogens (tertiary/aromatic N) is 2. The Bertz CT molecular complexity index is 977. The molecule has 0 spiro atoms. The number of ketones is 1. The van der Waals surface area contributed by atoms with Crippen molar-refractivity contribution in [3.8, 4) is 0 Å². The van der Waals surface area contributed by atoms with Gasteiger partial charge in [0.15, 0.2) is 10.3 Å². The SMILES string of the molecule is O=C(/C(=C/C=C/c1ccc(Br)cc1)n1cnc(Cl)c1Cl)c1ccccc1. The Labute approximate surface area is 169 Å². The van der Waals surface area contributed by atoms with E-state index in [1.165, 1.54) is 10.9 Å². The van der Waals surface area contributed by atoms with Crippen LogP contribution in [0.25, 0.3) is 11.8 Å². The number of Topliss-reactive ketones (excluding diaryl/α,β-unsaturated/α-hetero) is 1. The molecule has 3 aromatic rings. The first-order valence-electron chi connectivity index (χ1n) is 7.68. The van der Waals surface area contributed by atoms with Crippen molar-refractivity contribution in [2.24, 2.45) is 0 Å². The Morgan fingerprint density at radius 2 is 1.73 bits per heavy atom. The van der Waals surface area contributed by atoms with Gasteiger partial charge in [0.25, 0.3) is 0 Å². The zero-order valence-corrected chi connectivity index (χ0v) is 16.5. The molecule has 2 aromatic carbocycles. The molecule has 0 radical (unpaired) electrons. The van der Waals surface area contributed by atoms with Crippen molar-refractivity contribution in [3.63, 3.8) is 0 Å². The van der Waals surface area contributed by atoms with Gasteiger partial charge in [0, 0.05) is 10.0 Å². The van der Waals surface area contributed by atoms with Gasteiger partial charge in [-0.2, -0.15) is 0 Å². The van der Waals surface area contributed by atoms with E-state index < -0.39 is 0 Å². The van der Waals surface area contributed by atoms with Crippen molar-refractivity contribution >= 4 is 56.7 Å². The van der Waals surface area contributed by atoms with Crippen LogP contribution in [0, 0.1) is 0 Å². The van der Waals surface area contributed by atoms with Crippen LogP contribution in [0.15, 0.2) is 77.5 Å². The number of hydrogen-bond acceptors (Lipinski definition) is 2. The first-order chi connectivity index (χ1) is 12.6. The van der Waals surface area contributed by atoms with Gasteiger partial charge in [-0.25, -0.2) is 4.98 Å². The van der Waals surface area contributed by atoms with Gasteiger partial charge < -0.3 is 0 Å². The highest BCUT2D eigenvalue weighted by molar-refractivity contribution is 9.10. The van der Waals surface area contributed by atoms with Gasteiger partial charge in [0.05, 0.1) is 5.70 Å². The van der Waals surface area contributed by atoms with Gasteiger partial charge in [0.2, 0.25) is 5.78 Å². The van der Waals surface area contributed by atoms with Crippen molar-refractivity contribution in [3.05, 3.63) is 99.0 Å². The number of benzene rings is 2. The maximum absolute atomic E-state index is 12.9. The molecule has 1 aromatic heterocycles. The molecule has 0 fully saturated rings. The third-order valence-corrected chi connectivity index (χ3v) is 4.87. The summed E-state index contributed by atoms with van der Waals surface area (Å²) in [6.45, 7) is 0. The molecule has 0 atom stereocenters. The van der Waals surface area contributed by atoms with Crippen LogP contribution in [-0.4, -0.2) is 15.3 Å². The number of imidazole rings is 1. The van der Waals surface area contributed by atoms with Gasteiger partial charge in [-0.1, -0.05) is 93.7 Å². The summed E-state index contributed by atoms with van der Waals surface area (Å²) in [6.07, 6.45) is 6.83. The minimum atomic E-state index is -0.179. The van der Waals surface area contributed by atoms with Gasteiger partial charge in [-0.05, 0) is 23.8 Å². The lowest BCUT2D eigenvalue weighted by molar-refractivity contribution is 0.105. The van der Waals surface area contributed by atoms with E-state index in [1.54, 1.807) is 24.3 Å². The largest absolute Gasteiger partial charge is 0.287 e. The van der Waals surface area contributed by atoms with Gasteiger partial charge in [-0.3, -0.25) is 9.36 Å². The summed E-state index contributed by atoms with van der Waals surface area (Å²) in [5, 5.41) is 0.342. The van der Waals surface area contributed by atoms with Gasteiger partial charge in [0.1, 0.15) is 6.33 Å². The fraction of sp³-hybridized carbons (Fsp3) is 0. The molecule has 0 saturated heterocycles. The van der Waals surface area contributed by atoms with Crippen LogP contribution < -0.4 is 0 Å². The lowest BCUT2D eigenvalue weighted by Gasteiger charge is -2.08. The number of aromatic nitrogens is 2. The zero-order valence-electron chi connectivity index (χ0n) is 13.4. The molecule has 0 aliphatic heterocycles. The fourth-order valence-corrected chi connectivity index (χ4v) is 2.89. The molecular formula is C20H13BrCl2N2O. The summed E-state index contributed by atoms with van der Waals surface area (Å²) < 4.78 is 2.48. The molecule has 3 rings (SSSR count). The Morgan fingerprint density at radius 3 is 2.35 bits per heavy atom. The summed E-state index contributed by atoms with van der Waals surface area (Å²) in [4.78, 5) is 16.9.